The monoisotopic (exact) mass is 731 g/mol. The molecule has 5 heterocycles. The van der Waals surface area contributed by atoms with Crippen molar-refractivity contribution < 1.29 is 28.8 Å². The number of ketones is 2. The Morgan fingerprint density at radius 3 is 2.44 bits per heavy atom. The van der Waals surface area contributed by atoms with Gasteiger partial charge in [0.1, 0.15) is 16.7 Å². The van der Waals surface area contributed by atoms with Gasteiger partial charge in [-0.3, -0.25) is 24.2 Å². The number of carbonyl (C=O) groups is 4. The van der Waals surface area contributed by atoms with E-state index >= 15 is 0 Å². The summed E-state index contributed by atoms with van der Waals surface area (Å²) in [4.78, 5) is 66.0. The summed E-state index contributed by atoms with van der Waals surface area (Å²) in [5.41, 5.74) is 4.95. The molecule has 0 saturated carbocycles. The van der Waals surface area contributed by atoms with Crippen LogP contribution in [0.15, 0.2) is 131 Å². The van der Waals surface area contributed by atoms with E-state index in [0.29, 0.717) is 34.7 Å². The maximum absolute atomic E-state index is 14.1. The van der Waals surface area contributed by atoms with E-state index in [4.69, 9.17) is 9.52 Å². The Kier molecular flexibility index (Phi) is 8.84. The van der Waals surface area contributed by atoms with Gasteiger partial charge in [-0.2, -0.15) is 0 Å². The second-order valence-corrected chi connectivity index (χ2v) is 14.2. The number of nitrogens with zero attached hydrogens (tertiary/aromatic N) is 3. The Labute approximate surface area is 316 Å². The minimum absolute atomic E-state index is 0.0279. The molecule has 8 rings (SSSR count). The van der Waals surface area contributed by atoms with Crippen LogP contribution in [0, 0.1) is 6.92 Å². The molecule has 0 fully saturated rings. The third-order valence-electron chi connectivity index (χ3n) is 10.6. The van der Waals surface area contributed by atoms with Crippen LogP contribution < -0.4 is 4.90 Å². The summed E-state index contributed by atoms with van der Waals surface area (Å²) in [5.74, 6) is -1.37. The number of hydrogen-bond acceptors (Lipinski definition) is 7. The summed E-state index contributed by atoms with van der Waals surface area (Å²) in [6, 6.07) is 29.5. The first-order valence-corrected chi connectivity index (χ1v) is 18.0. The van der Waals surface area contributed by atoms with E-state index in [9.17, 15) is 24.3 Å². The number of aromatic amines is 2. The lowest BCUT2D eigenvalue weighted by atomic mass is 9.70. The normalized spacial score (nSPS) is 17.1. The average molecular weight is 732 g/mol. The van der Waals surface area contributed by atoms with Crippen LogP contribution in [0.5, 0.6) is 0 Å². The fraction of sp³-hybridized carbons (Fsp3) is 0.182. The van der Waals surface area contributed by atoms with E-state index in [0.717, 1.165) is 34.5 Å². The third kappa shape index (κ3) is 6.43. The Bertz CT molecular complexity index is 2510. The van der Waals surface area contributed by atoms with Gasteiger partial charge in [-0.15, -0.1) is 0 Å². The largest absolute Gasteiger partial charge is 0.481 e. The van der Waals surface area contributed by atoms with Crippen LogP contribution in [0.3, 0.4) is 0 Å². The van der Waals surface area contributed by atoms with Crippen LogP contribution in [0.1, 0.15) is 67.9 Å². The number of carbonyl (C=O) groups excluding carboxylic acids is 3. The molecule has 55 heavy (non-hydrogen) atoms. The molecule has 0 bridgehead atoms. The van der Waals surface area contributed by atoms with Crippen LogP contribution >= 0.6 is 0 Å². The van der Waals surface area contributed by atoms with Gasteiger partial charge in [0.05, 0.1) is 12.0 Å². The molecular formula is C44H37N5O6. The highest BCUT2D eigenvalue weighted by Gasteiger charge is 2.47. The molecule has 11 heteroatoms. The molecule has 0 aliphatic carbocycles. The zero-order valence-electron chi connectivity index (χ0n) is 30.2. The molecule has 0 radical (unpaired) electrons. The number of aliphatic imine (C=N–C) groups is 1. The van der Waals surface area contributed by atoms with Gasteiger partial charge < -0.3 is 24.5 Å². The molecular weight excluding hydrogens is 695 g/mol. The maximum Gasteiger partial charge on any atom is 0.305 e. The second kappa shape index (κ2) is 13.8. The number of H-pyrrole nitrogens is 2. The van der Waals surface area contributed by atoms with Gasteiger partial charge >= 0.3 is 5.97 Å². The van der Waals surface area contributed by atoms with Gasteiger partial charge in [0.25, 0.3) is 5.91 Å². The van der Waals surface area contributed by atoms with Crippen molar-refractivity contribution in [2.75, 3.05) is 11.4 Å². The smallest absolute Gasteiger partial charge is 0.305 e. The molecule has 274 valence electrons. The number of aryl methyl sites for hydroxylation is 1. The first-order valence-electron chi connectivity index (χ1n) is 18.0. The van der Waals surface area contributed by atoms with Gasteiger partial charge in [-0.1, -0.05) is 71.9 Å². The minimum Gasteiger partial charge on any atom is -0.481 e. The Hall–Kier alpha value is -6.88. The van der Waals surface area contributed by atoms with Crippen LogP contribution in [0.25, 0.3) is 11.3 Å². The molecule has 3 aromatic carbocycles. The number of carboxylic acid groups (broad SMARTS) is 1. The molecule has 2 aliphatic heterocycles. The van der Waals surface area contributed by atoms with Crippen molar-refractivity contribution >= 4 is 35.3 Å². The van der Waals surface area contributed by atoms with E-state index in [2.05, 4.69) is 21.2 Å². The zero-order chi connectivity index (χ0) is 38.3. The molecule has 2 atom stereocenters. The molecule has 11 nitrogen and oxygen atoms in total. The third-order valence-corrected chi connectivity index (χ3v) is 10.6. The lowest BCUT2D eigenvalue weighted by molar-refractivity contribution is -0.137. The van der Waals surface area contributed by atoms with E-state index in [1.54, 1.807) is 61.9 Å². The molecule has 1 amide bonds. The van der Waals surface area contributed by atoms with Crippen molar-refractivity contribution in [2.24, 2.45) is 4.99 Å². The van der Waals surface area contributed by atoms with E-state index in [1.807, 2.05) is 66.4 Å². The van der Waals surface area contributed by atoms with E-state index < -0.39 is 29.1 Å². The molecule has 2 aliphatic rings. The van der Waals surface area contributed by atoms with Crippen molar-refractivity contribution in [3.63, 3.8) is 0 Å². The van der Waals surface area contributed by atoms with Gasteiger partial charge in [-0.05, 0) is 78.4 Å². The van der Waals surface area contributed by atoms with Gasteiger partial charge in [0, 0.05) is 60.3 Å². The number of amides is 1. The summed E-state index contributed by atoms with van der Waals surface area (Å²) in [7, 11) is 0. The first kappa shape index (κ1) is 35.2. The van der Waals surface area contributed by atoms with Crippen molar-refractivity contribution in [1.82, 2.24) is 15.1 Å². The first-order chi connectivity index (χ1) is 26.5. The summed E-state index contributed by atoms with van der Waals surface area (Å²) in [6.45, 7) is 4.21. The molecule has 0 saturated heterocycles. The number of rotatable bonds is 12. The molecule has 0 spiro atoms. The summed E-state index contributed by atoms with van der Waals surface area (Å²) in [6.07, 6.45) is 7.29. The van der Waals surface area contributed by atoms with Crippen molar-refractivity contribution in [1.29, 1.82) is 0 Å². The topological polar surface area (TPSA) is 162 Å². The summed E-state index contributed by atoms with van der Waals surface area (Å²) < 4.78 is 5.17. The minimum atomic E-state index is -1.61. The summed E-state index contributed by atoms with van der Waals surface area (Å²) >= 11 is 0. The van der Waals surface area contributed by atoms with Crippen LogP contribution in [-0.2, 0) is 33.4 Å². The lowest BCUT2D eigenvalue weighted by Crippen LogP contribution is -2.40. The zero-order valence-corrected chi connectivity index (χ0v) is 30.2. The highest BCUT2D eigenvalue weighted by Crippen LogP contribution is 2.40. The molecule has 6 aromatic rings. The van der Waals surface area contributed by atoms with Crippen molar-refractivity contribution in [3.05, 3.63) is 166 Å². The van der Waals surface area contributed by atoms with E-state index in [-0.39, 0.29) is 23.8 Å². The van der Waals surface area contributed by atoms with Gasteiger partial charge in [-0.25, -0.2) is 0 Å². The predicted octanol–water partition coefficient (Wildman–Crippen LogP) is 7.19. The number of fused-ring (bicyclic) bond motifs is 1. The van der Waals surface area contributed by atoms with Crippen molar-refractivity contribution in [2.45, 2.75) is 44.1 Å². The van der Waals surface area contributed by atoms with Crippen LogP contribution in [0.2, 0.25) is 0 Å². The van der Waals surface area contributed by atoms with Crippen LogP contribution in [-0.4, -0.2) is 56.4 Å². The number of hydrogen-bond donors (Lipinski definition) is 3. The predicted molar refractivity (Wildman–Crippen MR) is 207 cm³/mol. The standard InChI is InChI=1S/C44H37N5O6/c1-27-20-36(48-55-27)41(53)44(24-40(51)52,39-8-5-18-45-39)34-15-13-33(14-16-34)43(2)23-32(26-47-43)38(50)21-28-9-11-29(12-10-28)35-22-31(25-46-35)42(54)49-19-17-30-6-3-4-7-37(30)49/h3-16,18,20,22-23,25-26,45-46H,17,19,21,24H2,1-2H3,(H,51,52). The fourth-order valence-electron chi connectivity index (χ4n) is 7.66. The number of allylic oxidation sites excluding steroid dienone is 1. The van der Waals surface area contributed by atoms with E-state index in [1.165, 1.54) is 11.6 Å². The molecule has 3 aromatic heterocycles. The Morgan fingerprint density at radius 2 is 1.73 bits per heavy atom. The average Bonchev–Trinajstić information content (AvgIpc) is 4.05. The number of Topliss-reactive ketones (excluding diaryl/α,β-unsaturated/α-hetero) is 2. The Morgan fingerprint density at radius 1 is 0.945 bits per heavy atom. The number of carboxylic acids is 1. The quantitative estimate of drug-likeness (QED) is 0.112. The lowest BCUT2D eigenvalue weighted by Gasteiger charge is -2.31. The number of aromatic nitrogens is 3. The molecule has 2 unspecified atom stereocenters. The van der Waals surface area contributed by atoms with Gasteiger partial charge in [0.2, 0.25) is 5.78 Å². The molecule has 3 N–H and O–H groups in total. The number of aliphatic carboxylic acids is 1. The van der Waals surface area contributed by atoms with Crippen molar-refractivity contribution in [3.8, 4) is 11.3 Å². The number of para-hydroxylation sites is 1. The number of anilines is 1. The van der Waals surface area contributed by atoms with Gasteiger partial charge in [0.15, 0.2) is 11.5 Å². The number of benzene rings is 3. The maximum atomic E-state index is 14.1. The second-order valence-electron chi connectivity index (χ2n) is 14.2. The fourth-order valence-corrected chi connectivity index (χ4v) is 7.66. The Balaban J connectivity index is 0.972. The number of nitrogens with one attached hydrogen (secondary N) is 2. The highest BCUT2D eigenvalue weighted by molar-refractivity contribution is 6.15. The summed E-state index contributed by atoms with van der Waals surface area (Å²) in [5, 5.41) is 13.9. The van der Waals surface area contributed by atoms with Crippen LogP contribution in [0.4, 0.5) is 5.69 Å². The highest BCUT2D eigenvalue weighted by atomic mass is 16.5. The SMILES string of the molecule is Cc1cc(C(=O)C(CC(=O)O)(c2ccc(C3(C)C=C(C(=O)Cc4ccc(-c5cc(C(=O)N6CCc7ccccc76)c[nH]5)cc4)C=N3)cc2)c2ccc[nH]2)no1.